The van der Waals surface area contributed by atoms with Gasteiger partial charge in [-0.05, 0) is 13.0 Å². The number of H-pyrrole nitrogens is 1. The summed E-state index contributed by atoms with van der Waals surface area (Å²) in [5, 5.41) is 8.56. The van der Waals surface area contributed by atoms with E-state index in [0.717, 1.165) is 6.07 Å². The smallest absolute Gasteiger partial charge is 0.259 e. The van der Waals surface area contributed by atoms with Gasteiger partial charge >= 0.3 is 0 Å². The number of hydrogen-bond acceptors (Lipinski definition) is 3. The minimum Gasteiger partial charge on any atom is -0.396 e. The van der Waals surface area contributed by atoms with Crippen LogP contribution in [0.25, 0.3) is 0 Å². The van der Waals surface area contributed by atoms with E-state index in [2.05, 4.69) is 15.5 Å². The molecule has 0 bridgehead atoms. The standard InChI is InChI=1S/C11H10F2N4O/c1-5-6(4-15-17-5)11(18)16-10-3-9(14)7(12)2-8(10)13/h2-4H,14H2,1H3,(H,15,17)(H,16,18). The maximum absolute atomic E-state index is 13.4. The number of nitrogens with one attached hydrogen (secondary N) is 2. The first-order valence-corrected chi connectivity index (χ1v) is 5.05. The lowest BCUT2D eigenvalue weighted by molar-refractivity contribution is 0.102. The van der Waals surface area contributed by atoms with Crippen molar-refractivity contribution in [2.45, 2.75) is 6.92 Å². The number of rotatable bonds is 2. The van der Waals surface area contributed by atoms with Crippen molar-refractivity contribution < 1.29 is 13.6 Å². The van der Waals surface area contributed by atoms with E-state index in [0.29, 0.717) is 11.8 Å². The number of nitrogens with zero attached hydrogens (tertiary/aromatic N) is 1. The third-order valence-corrected chi connectivity index (χ3v) is 2.41. The predicted molar refractivity (Wildman–Crippen MR) is 62.0 cm³/mol. The molecule has 0 fully saturated rings. The van der Waals surface area contributed by atoms with Gasteiger partial charge in [-0.1, -0.05) is 0 Å². The fraction of sp³-hybridized carbons (Fsp3) is 0.0909. The summed E-state index contributed by atoms with van der Waals surface area (Å²) in [5.41, 5.74) is 5.70. The quantitative estimate of drug-likeness (QED) is 0.713. The van der Waals surface area contributed by atoms with E-state index in [1.54, 1.807) is 6.92 Å². The second kappa shape index (κ2) is 4.44. The number of carbonyl (C=O) groups excluding carboxylic acids is 1. The van der Waals surface area contributed by atoms with Crippen molar-refractivity contribution >= 4 is 17.3 Å². The molecule has 94 valence electrons. The lowest BCUT2D eigenvalue weighted by Crippen LogP contribution is -2.14. The van der Waals surface area contributed by atoms with Crippen molar-refractivity contribution in [2.75, 3.05) is 11.1 Å². The van der Waals surface area contributed by atoms with E-state index in [1.807, 2.05) is 0 Å². The number of carbonyl (C=O) groups is 1. The van der Waals surface area contributed by atoms with Gasteiger partial charge in [-0.2, -0.15) is 5.10 Å². The Kier molecular flexibility index (Phi) is 2.97. The fourth-order valence-corrected chi connectivity index (χ4v) is 1.43. The monoisotopic (exact) mass is 252 g/mol. The van der Waals surface area contributed by atoms with Crippen LogP contribution >= 0.6 is 0 Å². The normalized spacial score (nSPS) is 10.4. The second-order valence-corrected chi connectivity index (χ2v) is 3.72. The number of aryl methyl sites for hydroxylation is 1. The molecule has 1 aromatic heterocycles. The van der Waals surface area contributed by atoms with Crippen LogP contribution in [0.4, 0.5) is 20.2 Å². The Morgan fingerprint density at radius 1 is 1.39 bits per heavy atom. The van der Waals surface area contributed by atoms with Gasteiger partial charge in [0.2, 0.25) is 0 Å². The summed E-state index contributed by atoms with van der Waals surface area (Å²) in [7, 11) is 0. The molecule has 0 aliphatic carbocycles. The van der Waals surface area contributed by atoms with Crippen LogP contribution in [0.15, 0.2) is 18.3 Å². The van der Waals surface area contributed by atoms with Crippen molar-refractivity contribution in [3.8, 4) is 0 Å². The van der Waals surface area contributed by atoms with Crippen LogP contribution in [-0.2, 0) is 0 Å². The largest absolute Gasteiger partial charge is 0.396 e. The van der Waals surface area contributed by atoms with Crippen molar-refractivity contribution in [3.63, 3.8) is 0 Å². The number of aromatic amines is 1. The van der Waals surface area contributed by atoms with Gasteiger partial charge in [0.15, 0.2) is 0 Å². The zero-order valence-corrected chi connectivity index (χ0v) is 9.42. The van der Waals surface area contributed by atoms with E-state index in [9.17, 15) is 13.6 Å². The molecule has 0 radical (unpaired) electrons. The highest BCUT2D eigenvalue weighted by Crippen LogP contribution is 2.21. The Morgan fingerprint density at radius 3 is 2.72 bits per heavy atom. The fourth-order valence-electron chi connectivity index (χ4n) is 1.43. The number of benzene rings is 1. The molecule has 4 N–H and O–H groups in total. The van der Waals surface area contributed by atoms with Crippen molar-refractivity contribution in [1.29, 1.82) is 0 Å². The maximum Gasteiger partial charge on any atom is 0.259 e. The van der Waals surface area contributed by atoms with Crippen LogP contribution in [0.1, 0.15) is 16.1 Å². The molecule has 1 amide bonds. The topological polar surface area (TPSA) is 83.8 Å². The Hall–Kier alpha value is -2.44. The Morgan fingerprint density at radius 2 is 2.11 bits per heavy atom. The van der Waals surface area contributed by atoms with Gasteiger partial charge in [0.25, 0.3) is 5.91 Å². The first kappa shape index (κ1) is 12.0. The van der Waals surface area contributed by atoms with Gasteiger partial charge in [-0.3, -0.25) is 9.89 Å². The Balaban J connectivity index is 2.28. The highest BCUT2D eigenvalue weighted by Gasteiger charge is 2.14. The van der Waals surface area contributed by atoms with Crippen LogP contribution < -0.4 is 11.1 Å². The molecule has 0 aliphatic heterocycles. The molecule has 0 saturated carbocycles. The van der Waals surface area contributed by atoms with Crippen LogP contribution in [0.2, 0.25) is 0 Å². The lowest BCUT2D eigenvalue weighted by atomic mass is 10.2. The zero-order chi connectivity index (χ0) is 13.3. The molecule has 7 heteroatoms. The highest BCUT2D eigenvalue weighted by atomic mass is 19.1. The van der Waals surface area contributed by atoms with Crippen LogP contribution in [0.3, 0.4) is 0 Å². The first-order valence-electron chi connectivity index (χ1n) is 5.05. The molecule has 0 saturated heterocycles. The maximum atomic E-state index is 13.4. The van der Waals surface area contributed by atoms with Gasteiger partial charge in [-0.25, -0.2) is 8.78 Å². The van der Waals surface area contributed by atoms with Crippen LogP contribution in [0, 0.1) is 18.6 Å². The van der Waals surface area contributed by atoms with E-state index in [4.69, 9.17) is 5.73 Å². The molecular formula is C11H10F2N4O. The van der Waals surface area contributed by atoms with E-state index >= 15 is 0 Å². The number of nitrogens with two attached hydrogens (primary N) is 1. The number of hydrogen-bond donors (Lipinski definition) is 3. The lowest BCUT2D eigenvalue weighted by Gasteiger charge is -2.07. The summed E-state index contributed by atoms with van der Waals surface area (Å²) < 4.78 is 26.3. The summed E-state index contributed by atoms with van der Waals surface area (Å²) in [6, 6.07) is 1.64. The number of nitrogen functional groups attached to an aromatic ring is 1. The average molecular weight is 252 g/mol. The number of aromatic nitrogens is 2. The van der Waals surface area contributed by atoms with Crippen LogP contribution in [0.5, 0.6) is 0 Å². The highest BCUT2D eigenvalue weighted by molar-refractivity contribution is 6.05. The van der Waals surface area contributed by atoms with Crippen molar-refractivity contribution in [1.82, 2.24) is 10.2 Å². The van der Waals surface area contributed by atoms with Crippen molar-refractivity contribution in [3.05, 3.63) is 41.2 Å². The molecule has 0 atom stereocenters. The summed E-state index contributed by atoms with van der Waals surface area (Å²) in [5.74, 6) is -2.31. The Labute approximate surface area is 101 Å². The molecule has 2 rings (SSSR count). The third-order valence-electron chi connectivity index (χ3n) is 2.41. The summed E-state index contributed by atoms with van der Waals surface area (Å²) >= 11 is 0. The third kappa shape index (κ3) is 2.15. The second-order valence-electron chi connectivity index (χ2n) is 3.72. The molecule has 1 aromatic carbocycles. The van der Waals surface area contributed by atoms with Gasteiger partial charge in [-0.15, -0.1) is 0 Å². The van der Waals surface area contributed by atoms with Crippen molar-refractivity contribution in [2.24, 2.45) is 0 Å². The van der Waals surface area contributed by atoms with E-state index in [1.165, 1.54) is 6.20 Å². The van der Waals surface area contributed by atoms with Gasteiger partial charge < -0.3 is 11.1 Å². The Bertz CT molecular complexity index is 609. The number of amides is 1. The van der Waals surface area contributed by atoms with Gasteiger partial charge in [0.1, 0.15) is 11.6 Å². The molecule has 0 aliphatic rings. The van der Waals surface area contributed by atoms with E-state index in [-0.39, 0.29) is 16.9 Å². The summed E-state index contributed by atoms with van der Waals surface area (Å²) in [6.45, 7) is 1.65. The SMILES string of the molecule is Cc1[nH]ncc1C(=O)Nc1cc(N)c(F)cc1F. The van der Waals surface area contributed by atoms with E-state index < -0.39 is 17.5 Å². The zero-order valence-electron chi connectivity index (χ0n) is 9.42. The van der Waals surface area contributed by atoms with Crippen LogP contribution in [-0.4, -0.2) is 16.1 Å². The van der Waals surface area contributed by atoms with Gasteiger partial charge in [0, 0.05) is 11.8 Å². The summed E-state index contributed by atoms with van der Waals surface area (Å²) in [6.07, 6.45) is 1.31. The molecule has 0 unspecified atom stereocenters. The molecule has 18 heavy (non-hydrogen) atoms. The average Bonchev–Trinajstić information content (AvgIpc) is 2.72. The molecular weight excluding hydrogens is 242 g/mol. The number of anilines is 2. The van der Waals surface area contributed by atoms with Gasteiger partial charge in [0.05, 0.1) is 23.1 Å². The molecule has 2 aromatic rings. The molecule has 1 heterocycles. The minimum atomic E-state index is -0.892. The predicted octanol–water partition coefficient (Wildman–Crippen LogP) is 1.83. The minimum absolute atomic E-state index is 0.181. The first-order chi connectivity index (χ1) is 8.49. The molecule has 5 nitrogen and oxygen atoms in total. The summed E-state index contributed by atoms with van der Waals surface area (Å²) in [4.78, 5) is 11.8. The molecule has 0 spiro atoms. The number of halogens is 2.